The standard InChI is InChI=1S/C10H15N3O/c11-5-6-13-7-8-3-1-2-4-9(8)10(12)14/h1-4,13H,5-7,11H2,(H2,12,14). The first-order valence-corrected chi connectivity index (χ1v) is 4.54. The number of nitrogens with two attached hydrogens (primary N) is 2. The topological polar surface area (TPSA) is 81.1 Å². The van der Waals surface area contributed by atoms with E-state index in [4.69, 9.17) is 11.5 Å². The highest BCUT2D eigenvalue weighted by Crippen LogP contribution is 2.06. The number of carbonyl (C=O) groups excluding carboxylic acids is 1. The lowest BCUT2D eigenvalue weighted by Crippen LogP contribution is -2.23. The first-order valence-electron chi connectivity index (χ1n) is 4.54. The van der Waals surface area contributed by atoms with Crippen LogP contribution in [0.5, 0.6) is 0 Å². The third-order valence-electron chi connectivity index (χ3n) is 1.92. The molecule has 0 heterocycles. The van der Waals surface area contributed by atoms with E-state index in [1.807, 2.05) is 12.1 Å². The molecule has 5 N–H and O–H groups in total. The molecule has 0 aliphatic rings. The second-order valence-electron chi connectivity index (χ2n) is 2.99. The summed E-state index contributed by atoms with van der Waals surface area (Å²) in [7, 11) is 0. The smallest absolute Gasteiger partial charge is 0.249 e. The Labute approximate surface area is 83.3 Å². The van der Waals surface area contributed by atoms with Crippen molar-refractivity contribution in [3.8, 4) is 0 Å². The van der Waals surface area contributed by atoms with Crippen LogP contribution in [0.3, 0.4) is 0 Å². The highest BCUT2D eigenvalue weighted by molar-refractivity contribution is 5.94. The molecular formula is C10H15N3O. The van der Waals surface area contributed by atoms with Gasteiger partial charge in [0.05, 0.1) is 0 Å². The van der Waals surface area contributed by atoms with E-state index >= 15 is 0 Å². The van der Waals surface area contributed by atoms with Crippen molar-refractivity contribution in [3.63, 3.8) is 0 Å². The van der Waals surface area contributed by atoms with Crippen molar-refractivity contribution in [3.05, 3.63) is 35.4 Å². The molecule has 4 nitrogen and oxygen atoms in total. The first kappa shape index (κ1) is 10.7. The average Bonchev–Trinajstić information content (AvgIpc) is 2.19. The molecule has 0 bridgehead atoms. The Kier molecular flexibility index (Phi) is 4.10. The monoisotopic (exact) mass is 193 g/mol. The molecule has 1 aromatic carbocycles. The molecule has 0 aromatic heterocycles. The van der Waals surface area contributed by atoms with Crippen molar-refractivity contribution >= 4 is 5.91 Å². The van der Waals surface area contributed by atoms with Crippen molar-refractivity contribution < 1.29 is 4.79 Å². The molecule has 0 aliphatic heterocycles. The minimum Gasteiger partial charge on any atom is -0.366 e. The maximum atomic E-state index is 11.0. The van der Waals surface area contributed by atoms with Gasteiger partial charge in [-0.05, 0) is 11.6 Å². The Morgan fingerprint density at radius 1 is 1.36 bits per heavy atom. The number of nitrogens with one attached hydrogen (secondary N) is 1. The van der Waals surface area contributed by atoms with Crippen LogP contribution in [0, 0.1) is 0 Å². The highest BCUT2D eigenvalue weighted by Gasteiger charge is 2.05. The van der Waals surface area contributed by atoms with Crippen LogP contribution >= 0.6 is 0 Å². The Bertz CT molecular complexity index is 312. The van der Waals surface area contributed by atoms with E-state index in [-0.39, 0.29) is 0 Å². The summed E-state index contributed by atoms with van der Waals surface area (Å²) in [6, 6.07) is 7.28. The number of hydrogen-bond acceptors (Lipinski definition) is 3. The van der Waals surface area contributed by atoms with Gasteiger partial charge in [-0.25, -0.2) is 0 Å². The van der Waals surface area contributed by atoms with E-state index in [9.17, 15) is 4.79 Å². The van der Waals surface area contributed by atoms with Gasteiger partial charge in [0.2, 0.25) is 5.91 Å². The summed E-state index contributed by atoms with van der Waals surface area (Å²) in [5.41, 5.74) is 12.0. The van der Waals surface area contributed by atoms with Crippen molar-refractivity contribution in [1.29, 1.82) is 0 Å². The van der Waals surface area contributed by atoms with Crippen LogP contribution in [0.1, 0.15) is 15.9 Å². The maximum Gasteiger partial charge on any atom is 0.249 e. The Morgan fingerprint density at radius 3 is 2.71 bits per heavy atom. The van der Waals surface area contributed by atoms with E-state index in [0.29, 0.717) is 18.7 Å². The van der Waals surface area contributed by atoms with Crippen molar-refractivity contribution in [2.24, 2.45) is 11.5 Å². The summed E-state index contributed by atoms with van der Waals surface area (Å²) in [6.07, 6.45) is 0. The van der Waals surface area contributed by atoms with Gasteiger partial charge in [-0.1, -0.05) is 18.2 Å². The molecular weight excluding hydrogens is 178 g/mol. The van der Waals surface area contributed by atoms with Gasteiger partial charge in [0, 0.05) is 25.2 Å². The summed E-state index contributed by atoms with van der Waals surface area (Å²) < 4.78 is 0. The molecule has 14 heavy (non-hydrogen) atoms. The first-order chi connectivity index (χ1) is 6.75. The molecule has 4 heteroatoms. The quantitative estimate of drug-likeness (QED) is 0.568. The number of carbonyl (C=O) groups is 1. The zero-order chi connectivity index (χ0) is 10.4. The summed E-state index contributed by atoms with van der Waals surface area (Å²) in [4.78, 5) is 11.0. The minimum absolute atomic E-state index is 0.393. The molecule has 0 unspecified atom stereocenters. The Morgan fingerprint density at radius 2 is 2.07 bits per heavy atom. The fourth-order valence-electron chi connectivity index (χ4n) is 1.24. The second-order valence-corrected chi connectivity index (χ2v) is 2.99. The summed E-state index contributed by atoms with van der Waals surface area (Å²) in [5.74, 6) is -0.393. The molecule has 0 atom stereocenters. The van der Waals surface area contributed by atoms with E-state index in [2.05, 4.69) is 5.32 Å². The second kappa shape index (κ2) is 5.36. The molecule has 0 aliphatic carbocycles. The molecule has 1 aromatic rings. The van der Waals surface area contributed by atoms with Crippen LogP contribution in [0.4, 0.5) is 0 Å². The highest BCUT2D eigenvalue weighted by atomic mass is 16.1. The normalized spacial score (nSPS) is 10.1. The number of primary amides is 1. The summed E-state index contributed by atoms with van der Waals surface area (Å²) in [6.45, 7) is 1.93. The van der Waals surface area contributed by atoms with Gasteiger partial charge in [-0.3, -0.25) is 4.79 Å². The van der Waals surface area contributed by atoms with Crippen LogP contribution in [0.15, 0.2) is 24.3 Å². The van der Waals surface area contributed by atoms with Crippen LogP contribution in [-0.2, 0) is 6.54 Å². The molecule has 76 valence electrons. The van der Waals surface area contributed by atoms with Crippen molar-refractivity contribution in [2.75, 3.05) is 13.1 Å². The number of amides is 1. The molecule has 1 amide bonds. The van der Waals surface area contributed by atoms with Crippen LogP contribution in [0.25, 0.3) is 0 Å². The van der Waals surface area contributed by atoms with Crippen LogP contribution in [-0.4, -0.2) is 19.0 Å². The van der Waals surface area contributed by atoms with Crippen LogP contribution in [0.2, 0.25) is 0 Å². The zero-order valence-electron chi connectivity index (χ0n) is 7.99. The van der Waals surface area contributed by atoms with Crippen LogP contribution < -0.4 is 16.8 Å². The number of benzene rings is 1. The van der Waals surface area contributed by atoms with Gasteiger partial charge in [0.1, 0.15) is 0 Å². The summed E-state index contributed by atoms with van der Waals surface area (Å²) >= 11 is 0. The Balaban J connectivity index is 2.69. The lowest BCUT2D eigenvalue weighted by molar-refractivity contribution is 0.0999. The maximum absolute atomic E-state index is 11.0. The average molecular weight is 193 g/mol. The van der Waals surface area contributed by atoms with Gasteiger partial charge < -0.3 is 16.8 Å². The molecule has 1 rings (SSSR count). The molecule has 0 saturated carbocycles. The van der Waals surface area contributed by atoms with Crippen molar-refractivity contribution in [2.45, 2.75) is 6.54 Å². The number of rotatable bonds is 5. The summed E-state index contributed by atoms with van der Waals surface area (Å²) in [5, 5.41) is 3.11. The Hall–Kier alpha value is -1.39. The lowest BCUT2D eigenvalue weighted by atomic mass is 10.1. The fraction of sp³-hybridized carbons (Fsp3) is 0.300. The van der Waals surface area contributed by atoms with E-state index in [1.165, 1.54) is 0 Å². The molecule has 0 radical (unpaired) electrons. The van der Waals surface area contributed by atoms with Gasteiger partial charge in [-0.2, -0.15) is 0 Å². The molecule has 0 spiro atoms. The minimum atomic E-state index is -0.393. The fourth-order valence-corrected chi connectivity index (χ4v) is 1.24. The van der Waals surface area contributed by atoms with Gasteiger partial charge in [0.15, 0.2) is 0 Å². The largest absolute Gasteiger partial charge is 0.366 e. The lowest BCUT2D eigenvalue weighted by Gasteiger charge is -2.06. The van der Waals surface area contributed by atoms with E-state index in [0.717, 1.165) is 12.1 Å². The predicted molar refractivity (Wildman–Crippen MR) is 55.7 cm³/mol. The van der Waals surface area contributed by atoms with Gasteiger partial charge >= 0.3 is 0 Å². The third-order valence-corrected chi connectivity index (χ3v) is 1.92. The molecule has 0 saturated heterocycles. The van der Waals surface area contributed by atoms with Crippen molar-refractivity contribution in [1.82, 2.24) is 5.32 Å². The van der Waals surface area contributed by atoms with E-state index in [1.54, 1.807) is 12.1 Å². The molecule has 0 fully saturated rings. The third kappa shape index (κ3) is 2.83. The predicted octanol–water partition coefficient (Wildman–Crippen LogP) is -0.166. The SMILES string of the molecule is NCCNCc1ccccc1C(N)=O. The number of hydrogen-bond donors (Lipinski definition) is 3. The van der Waals surface area contributed by atoms with Gasteiger partial charge in [0.25, 0.3) is 0 Å². The zero-order valence-corrected chi connectivity index (χ0v) is 7.99. The van der Waals surface area contributed by atoms with E-state index < -0.39 is 5.91 Å². The van der Waals surface area contributed by atoms with Gasteiger partial charge in [-0.15, -0.1) is 0 Å².